The third-order valence-electron chi connectivity index (χ3n) is 4.31. The second kappa shape index (κ2) is 9.93. The monoisotopic (exact) mass is 402 g/mol. The first-order valence-corrected chi connectivity index (χ1v) is 9.38. The Hall–Kier alpha value is -4.06. The number of primary amides is 1. The summed E-state index contributed by atoms with van der Waals surface area (Å²) in [6.07, 6.45) is 2.76. The number of phenols is 1. The number of nitrogens with one attached hydrogen (secondary N) is 1. The fourth-order valence-corrected chi connectivity index (χ4v) is 2.82. The van der Waals surface area contributed by atoms with E-state index in [4.69, 9.17) is 10.5 Å². The van der Waals surface area contributed by atoms with Crippen molar-refractivity contribution >= 4 is 17.9 Å². The molecule has 2 amide bonds. The number of rotatable bonds is 8. The summed E-state index contributed by atoms with van der Waals surface area (Å²) in [5.41, 5.74) is 7.23. The Morgan fingerprint density at radius 1 is 1.00 bits per heavy atom. The van der Waals surface area contributed by atoms with Crippen LogP contribution in [0, 0.1) is 0 Å². The smallest absolute Gasteiger partial charge is 0.248 e. The SMILES string of the molecule is NC(=O)c1ccc(OC(Cc2ccccc2)NC(=O)/C=C/c2ccccc2)c(O)c1. The van der Waals surface area contributed by atoms with Crippen LogP contribution in [0.2, 0.25) is 0 Å². The van der Waals surface area contributed by atoms with Crippen LogP contribution in [-0.4, -0.2) is 23.1 Å². The number of hydrogen-bond donors (Lipinski definition) is 3. The molecular weight excluding hydrogens is 380 g/mol. The maximum atomic E-state index is 12.4. The minimum atomic E-state index is -0.745. The van der Waals surface area contributed by atoms with E-state index in [1.54, 1.807) is 6.08 Å². The van der Waals surface area contributed by atoms with Gasteiger partial charge in [-0.1, -0.05) is 60.7 Å². The van der Waals surface area contributed by atoms with Gasteiger partial charge < -0.3 is 20.9 Å². The van der Waals surface area contributed by atoms with Crippen molar-refractivity contribution in [3.05, 3.63) is 102 Å². The summed E-state index contributed by atoms with van der Waals surface area (Å²) in [5, 5.41) is 13.0. The molecule has 0 fully saturated rings. The molecular formula is C24H22N2O4. The summed E-state index contributed by atoms with van der Waals surface area (Å²) >= 11 is 0. The number of carbonyl (C=O) groups excluding carboxylic acids is 2. The molecule has 0 saturated heterocycles. The quantitative estimate of drug-likeness (QED) is 0.398. The molecule has 0 bridgehead atoms. The number of hydrogen-bond acceptors (Lipinski definition) is 4. The van der Waals surface area contributed by atoms with E-state index in [0.717, 1.165) is 11.1 Å². The van der Waals surface area contributed by atoms with Crippen LogP contribution < -0.4 is 15.8 Å². The predicted molar refractivity (Wildman–Crippen MR) is 115 cm³/mol. The molecule has 0 spiro atoms. The molecule has 0 aliphatic heterocycles. The van der Waals surface area contributed by atoms with Crippen LogP contribution >= 0.6 is 0 Å². The number of amides is 2. The van der Waals surface area contributed by atoms with E-state index in [1.807, 2.05) is 60.7 Å². The van der Waals surface area contributed by atoms with Crippen LogP contribution in [0.15, 0.2) is 84.9 Å². The third kappa shape index (κ3) is 5.97. The molecule has 3 rings (SSSR count). The second-order valence-corrected chi connectivity index (χ2v) is 6.60. The highest BCUT2D eigenvalue weighted by Crippen LogP contribution is 2.28. The van der Waals surface area contributed by atoms with E-state index < -0.39 is 12.1 Å². The number of carbonyl (C=O) groups is 2. The van der Waals surface area contributed by atoms with Gasteiger partial charge in [0.2, 0.25) is 11.8 Å². The average Bonchev–Trinajstić information content (AvgIpc) is 2.75. The van der Waals surface area contributed by atoms with Crippen molar-refractivity contribution in [3.8, 4) is 11.5 Å². The highest BCUT2D eigenvalue weighted by atomic mass is 16.5. The Labute approximate surface area is 174 Å². The van der Waals surface area contributed by atoms with Crippen LogP contribution in [-0.2, 0) is 11.2 Å². The van der Waals surface area contributed by atoms with Gasteiger partial charge in [-0.05, 0) is 35.4 Å². The number of aromatic hydroxyl groups is 1. The first kappa shape index (κ1) is 20.7. The predicted octanol–water partition coefficient (Wildman–Crippen LogP) is 3.27. The van der Waals surface area contributed by atoms with Gasteiger partial charge in [0.1, 0.15) is 0 Å². The zero-order valence-corrected chi connectivity index (χ0v) is 16.2. The summed E-state index contributed by atoms with van der Waals surface area (Å²) in [6, 6.07) is 23.1. The molecule has 0 aromatic heterocycles. The summed E-state index contributed by atoms with van der Waals surface area (Å²) < 4.78 is 5.84. The van der Waals surface area contributed by atoms with Crippen LogP contribution in [0.3, 0.4) is 0 Å². The fourth-order valence-electron chi connectivity index (χ4n) is 2.82. The van der Waals surface area contributed by atoms with Gasteiger partial charge in [-0.3, -0.25) is 9.59 Å². The highest BCUT2D eigenvalue weighted by Gasteiger charge is 2.16. The molecule has 0 aliphatic carbocycles. The normalized spacial score (nSPS) is 11.7. The van der Waals surface area contributed by atoms with Crippen LogP contribution in [0.1, 0.15) is 21.5 Å². The van der Waals surface area contributed by atoms with E-state index in [-0.39, 0.29) is 23.0 Å². The second-order valence-electron chi connectivity index (χ2n) is 6.60. The molecule has 6 heteroatoms. The minimum absolute atomic E-state index is 0.133. The van der Waals surface area contributed by atoms with Crippen molar-refractivity contribution in [3.63, 3.8) is 0 Å². The lowest BCUT2D eigenvalue weighted by Gasteiger charge is -2.21. The summed E-state index contributed by atoms with van der Waals surface area (Å²) in [7, 11) is 0. The van der Waals surface area contributed by atoms with Gasteiger partial charge in [0.25, 0.3) is 0 Å². The van der Waals surface area contributed by atoms with Crippen molar-refractivity contribution in [1.29, 1.82) is 0 Å². The molecule has 6 nitrogen and oxygen atoms in total. The molecule has 30 heavy (non-hydrogen) atoms. The maximum absolute atomic E-state index is 12.4. The van der Waals surface area contributed by atoms with Gasteiger partial charge in [0, 0.05) is 18.1 Å². The van der Waals surface area contributed by atoms with Gasteiger partial charge in [-0.25, -0.2) is 0 Å². The van der Waals surface area contributed by atoms with E-state index in [2.05, 4.69) is 5.32 Å². The Bertz CT molecular complexity index is 1030. The molecule has 0 heterocycles. The van der Waals surface area contributed by atoms with Crippen molar-refractivity contribution in [2.24, 2.45) is 5.73 Å². The van der Waals surface area contributed by atoms with E-state index >= 15 is 0 Å². The largest absolute Gasteiger partial charge is 0.504 e. The first-order chi connectivity index (χ1) is 14.5. The molecule has 0 saturated carbocycles. The molecule has 1 unspecified atom stereocenters. The van der Waals surface area contributed by atoms with Crippen LogP contribution in [0.4, 0.5) is 0 Å². The van der Waals surface area contributed by atoms with Gasteiger partial charge in [-0.15, -0.1) is 0 Å². The summed E-state index contributed by atoms with van der Waals surface area (Å²) in [6.45, 7) is 0. The molecule has 0 aliphatic rings. The number of ether oxygens (including phenoxy) is 1. The molecule has 3 aromatic rings. The zero-order valence-electron chi connectivity index (χ0n) is 16.2. The molecule has 3 aromatic carbocycles. The highest BCUT2D eigenvalue weighted by molar-refractivity contribution is 5.93. The summed E-state index contributed by atoms with van der Waals surface area (Å²) in [4.78, 5) is 23.7. The summed E-state index contributed by atoms with van der Waals surface area (Å²) in [5.74, 6) is -1.10. The topological polar surface area (TPSA) is 102 Å². The number of nitrogens with two attached hydrogens (primary N) is 1. The lowest BCUT2D eigenvalue weighted by Crippen LogP contribution is -2.40. The Balaban J connectivity index is 1.75. The Morgan fingerprint density at radius 3 is 2.30 bits per heavy atom. The van der Waals surface area contributed by atoms with Crippen LogP contribution in [0.5, 0.6) is 11.5 Å². The average molecular weight is 402 g/mol. The fraction of sp³-hybridized carbons (Fsp3) is 0.0833. The van der Waals surface area contributed by atoms with Crippen molar-refractivity contribution < 1.29 is 19.4 Å². The van der Waals surface area contributed by atoms with E-state index in [0.29, 0.717) is 6.42 Å². The minimum Gasteiger partial charge on any atom is -0.504 e. The lowest BCUT2D eigenvalue weighted by atomic mass is 10.1. The van der Waals surface area contributed by atoms with Crippen LogP contribution in [0.25, 0.3) is 6.08 Å². The van der Waals surface area contributed by atoms with Crippen molar-refractivity contribution in [1.82, 2.24) is 5.32 Å². The standard InChI is InChI=1S/C24H22N2O4/c25-24(29)19-12-13-21(20(27)16-19)30-23(15-18-9-5-2-6-10-18)26-22(28)14-11-17-7-3-1-4-8-17/h1-14,16,23,27H,15H2,(H2,25,29)(H,26,28)/b14-11+. The number of phenolic OH excluding ortho intramolecular Hbond substituents is 1. The maximum Gasteiger partial charge on any atom is 0.248 e. The molecule has 4 N–H and O–H groups in total. The lowest BCUT2D eigenvalue weighted by molar-refractivity contribution is -0.118. The number of benzene rings is 3. The Kier molecular flexibility index (Phi) is 6.84. The third-order valence-corrected chi connectivity index (χ3v) is 4.31. The van der Waals surface area contributed by atoms with Crippen molar-refractivity contribution in [2.45, 2.75) is 12.6 Å². The molecule has 0 radical (unpaired) electrons. The van der Waals surface area contributed by atoms with E-state index in [9.17, 15) is 14.7 Å². The van der Waals surface area contributed by atoms with Gasteiger partial charge in [0.05, 0.1) is 0 Å². The zero-order chi connectivity index (χ0) is 21.3. The first-order valence-electron chi connectivity index (χ1n) is 9.38. The van der Waals surface area contributed by atoms with E-state index in [1.165, 1.54) is 24.3 Å². The van der Waals surface area contributed by atoms with Gasteiger partial charge in [-0.2, -0.15) is 0 Å². The van der Waals surface area contributed by atoms with Gasteiger partial charge in [0.15, 0.2) is 17.7 Å². The Morgan fingerprint density at radius 2 is 1.67 bits per heavy atom. The van der Waals surface area contributed by atoms with Crippen molar-refractivity contribution in [2.75, 3.05) is 0 Å². The van der Waals surface area contributed by atoms with Gasteiger partial charge >= 0.3 is 0 Å². The molecule has 152 valence electrons. The molecule has 1 atom stereocenters.